The lowest BCUT2D eigenvalue weighted by Gasteiger charge is -2.03. The number of hydrogen-bond acceptors (Lipinski definition) is 3. The SMILES string of the molecule is CN1CCCC1=O.CN1CCCC1=O.O=C1CCCN1. The molecule has 0 bridgehead atoms. The van der Waals surface area contributed by atoms with Gasteiger partial charge in [-0.3, -0.25) is 14.4 Å². The van der Waals surface area contributed by atoms with Crippen LogP contribution in [0.1, 0.15) is 38.5 Å². The van der Waals surface area contributed by atoms with E-state index in [0.29, 0.717) is 11.8 Å². The first-order chi connectivity index (χ1) is 9.50. The molecule has 0 saturated carbocycles. The zero-order valence-corrected chi connectivity index (χ0v) is 12.5. The van der Waals surface area contributed by atoms with Gasteiger partial charge in [0.15, 0.2) is 0 Å². The molecule has 3 aliphatic heterocycles. The lowest BCUT2D eigenvalue weighted by atomic mass is 10.4. The highest BCUT2D eigenvalue weighted by atomic mass is 16.2. The molecule has 0 aromatic heterocycles. The maximum absolute atomic E-state index is 10.5. The summed E-state index contributed by atoms with van der Waals surface area (Å²) in [6.07, 6.45) is 5.39. The van der Waals surface area contributed by atoms with Gasteiger partial charge in [-0.05, 0) is 19.3 Å². The van der Waals surface area contributed by atoms with Crippen LogP contribution in [0.4, 0.5) is 0 Å². The average Bonchev–Trinajstić information content (AvgIpc) is 3.11. The van der Waals surface area contributed by atoms with Crippen LogP contribution in [-0.2, 0) is 14.4 Å². The molecule has 1 N–H and O–H groups in total. The molecule has 0 atom stereocenters. The molecule has 6 heteroatoms. The number of amides is 3. The molecule has 20 heavy (non-hydrogen) atoms. The highest BCUT2D eigenvalue weighted by Crippen LogP contribution is 2.05. The second kappa shape index (κ2) is 8.55. The van der Waals surface area contributed by atoms with E-state index < -0.39 is 0 Å². The van der Waals surface area contributed by atoms with Crippen molar-refractivity contribution in [1.29, 1.82) is 0 Å². The molecule has 0 spiro atoms. The van der Waals surface area contributed by atoms with E-state index in [1.807, 2.05) is 14.1 Å². The third-order valence-corrected chi connectivity index (χ3v) is 3.52. The van der Waals surface area contributed by atoms with Gasteiger partial charge in [0.1, 0.15) is 0 Å². The van der Waals surface area contributed by atoms with Crippen LogP contribution in [0, 0.1) is 0 Å². The van der Waals surface area contributed by atoms with Gasteiger partial charge in [-0.1, -0.05) is 0 Å². The summed E-state index contributed by atoms with van der Waals surface area (Å²) < 4.78 is 0. The summed E-state index contributed by atoms with van der Waals surface area (Å²) >= 11 is 0. The number of carbonyl (C=O) groups is 3. The minimum absolute atomic E-state index is 0.204. The Morgan fingerprint density at radius 1 is 0.800 bits per heavy atom. The summed E-state index contributed by atoms with van der Waals surface area (Å²) in [4.78, 5) is 34.7. The Labute approximate surface area is 120 Å². The molecule has 0 radical (unpaired) electrons. The van der Waals surface area contributed by atoms with Crippen LogP contribution in [0.15, 0.2) is 0 Å². The Morgan fingerprint density at radius 2 is 1.30 bits per heavy atom. The molecule has 3 heterocycles. The number of nitrogens with zero attached hydrogens (tertiary/aromatic N) is 2. The van der Waals surface area contributed by atoms with E-state index >= 15 is 0 Å². The minimum Gasteiger partial charge on any atom is -0.356 e. The first kappa shape index (κ1) is 16.5. The zero-order chi connectivity index (χ0) is 15.0. The van der Waals surface area contributed by atoms with Crippen molar-refractivity contribution < 1.29 is 14.4 Å². The Bertz CT molecular complexity index is 326. The Morgan fingerprint density at radius 3 is 1.40 bits per heavy atom. The highest BCUT2D eigenvalue weighted by Gasteiger charge is 2.14. The third-order valence-electron chi connectivity index (χ3n) is 3.52. The van der Waals surface area contributed by atoms with Gasteiger partial charge in [0.2, 0.25) is 17.7 Å². The van der Waals surface area contributed by atoms with Gasteiger partial charge in [-0.25, -0.2) is 0 Å². The molecule has 0 aromatic carbocycles. The normalized spacial score (nSPS) is 21.2. The smallest absolute Gasteiger partial charge is 0.222 e. The average molecular weight is 283 g/mol. The van der Waals surface area contributed by atoms with E-state index in [0.717, 1.165) is 58.2 Å². The van der Waals surface area contributed by atoms with Gasteiger partial charge in [0.05, 0.1) is 0 Å². The van der Waals surface area contributed by atoms with Gasteiger partial charge in [-0.2, -0.15) is 0 Å². The molecular formula is C14H25N3O3. The van der Waals surface area contributed by atoms with Crippen LogP contribution in [-0.4, -0.2) is 61.3 Å². The Hall–Kier alpha value is -1.59. The van der Waals surface area contributed by atoms with Crippen molar-refractivity contribution in [2.45, 2.75) is 38.5 Å². The molecule has 3 aliphatic rings. The van der Waals surface area contributed by atoms with Crippen LogP contribution >= 0.6 is 0 Å². The topological polar surface area (TPSA) is 69.7 Å². The highest BCUT2D eigenvalue weighted by molar-refractivity contribution is 5.78. The van der Waals surface area contributed by atoms with Crippen LogP contribution in [0.3, 0.4) is 0 Å². The maximum atomic E-state index is 10.5. The number of rotatable bonds is 0. The fraction of sp³-hybridized carbons (Fsp3) is 0.786. The fourth-order valence-corrected chi connectivity index (χ4v) is 2.13. The molecule has 3 rings (SSSR count). The molecule has 0 unspecified atom stereocenters. The summed E-state index contributed by atoms with van der Waals surface area (Å²) in [5.74, 6) is 0.787. The van der Waals surface area contributed by atoms with Crippen LogP contribution in [0.2, 0.25) is 0 Å². The molecule has 3 saturated heterocycles. The number of likely N-dealkylation sites (tertiary alicyclic amines) is 2. The predicted molar refractivity (Wildman–Crippen MR) is 76.0 cm³/mol. The molecule has 6 nitrogen and oxygen atoms in total. The Balaban J connectivity index is 0.000000151. The Kier molecular flexibility index (Phi) is 7.04. The van der Waals surface area contributed by atoms with Gasteiger partial charge < -0.3 is 15.1 Å². The summed E-state index contributed by atoms with van der Waals surface area (Å²) in [6.45, 7) is 2.80. The largest absolute Gasteiger partial charge is 0.356 e. The van der Waals surface area contributed by atoms with E-state index in [1.54, 1.807) is 9.80 Å². The third kappa shape index (κ3) is 6.04. The fourth-order valence-electron chi connectivity index (χ4n) is 2.13. The zero-order valence-electron chi connectivity index (χ0n) is 12.5. The van der Waals surface area contributed by atoms with Crippen molar-refractivity contribution in [2.75, 3.05) is 33.7 Å². The molecule has 114 valence electrons. The lowest BCUT2D eigenvalue weighted by Crippen LogP contribution is -2.17. The summed E-state index contributed by atoms with van der Waals surface area (Å²) in [5.41, 5.74) is 0. The molecular weight excluding hydrogens is 258 g/mol. The van der Waals surface area contributed by atoms with Crippen LogP contribution < -0.4 is 5.32 Å². The van der Waals surface area contributed by atoms with Crippen LogP contribution in [0.5, 0.6) is 0 Å². The van der Waals surface area contributed by atoms with Gasteiger partial charge in [0.25, 0.3) is 0 Å². The molecule has 0 aromatic rings. The summed E-state index contributed by atoms with van der Waals surface area (Å²) in [5, 5.41) is 2.68. The standard InChI is InChI=1S/2C5H9NO.C4H7NO/c2*1-6-4-2-3-5(6)7;6-4-2-1-3-5-4/h2*2-4H2,1H3;1-3H2,(H,5,6). The molecule has 3 fully saturated rings. The van der Waals surface area contributed by atoms with Gasteiger partial charge in [0, 0.05) is 53.0 Å². The first-order valence-electron chi connectivity index (χ1n) is 7.25. The van der Waals surface area contributed by atoms with Crippen LogP contribution in [0.25, 0.3) is 0 Å². The second-order valence-corrected chi connectivity index (χ2v) is 5.29. The maximum Gasteiger partial charge on any atom is 0.222 e. The van der Waals surface area contributed by atoms with Gasteiger partial charge in [-0.15, -0.1) is 0 Å². The summed E-state index contributed by atoms with van der Waals surface area (Å²) in [6, 6.07) is 0. The quantitative estimate of drug-likeness (QED) is 0.698. The van der Waals surface area contributed by atoms with Gasteiger partial charge >= 0.3 is 0 Å². The monoisotopic (exact) mass is 283 g/mol. The molecule has 0 aliphatic carbocycles. The first-order valence-corrected chi connectivity index (χ1v) is 7.25. The van der Waals surface area contributed by atoms with E-state index in [1.165, 1.54) is 0 Å². The second-order valence-electron chi connectivity index (χ2n) is 5.29. The van der Waals surface area contributed by atoms with Crippen molar-refractivity contribution in [1.82, 2.24) is 15.1 Å². The van der Waals surface area contributed by atoms with Crippen molar-refractivity contribution in [2.24, 2.45) is 0 Å². The van der Waals surface area contributed by atoms with Crippen molar-refractivity contribution in [3.8, 4) is 0 Å². The lowest BCUT2D eigenvalue weighted by molar-refractivity contribution is -0.127. The predicted octanol–water partition coefficient (Wildman–Crippen LogP) is 0.374. The van der Waals surface area contributed by atoms with Crippen molar-refractivity contribution in [3.63, 3.8) is 0 Å². The number of carbonyl (C=O) groups excluding carboxylic acids is 3. The van der Waals surface area contributed by atoms with E-state index in [2.05, 4.69) is 5.32 Å². The van der Waals surface area contributed by atoms with E-state index in [4.69, 9.17) is 0 Å². The summed E-state index contributed by atoms with van der Waals surface area (Å²) in [7, 11) is 3.69. The number of nitrogens with one attached hydrogen (secondary N) is 1. The number of hydrogen-bond donors (Lipinski definition) is 1. The van der Waals surface area contributed by atoms with Crippen molar-refractivity contribution >= 4 is 17.7 Å². The van der Waals surface area contributed by atoms with E-state index in [9.17, 15) is 14.4 Å². The minimum atomic E-state index is 0.204. The molecule has 3 amide bonds. The van der Waals surface area contributed by atoms with E-state index in [-0.39, 0.29) is 5.91 Å². The van der Waals surface area contributed by atoms with Crippen molar-refractivity contribution in [3.05, 3.63) is 0 Å².